The first-order chi connectivity index (χ1) is 7.24. The maximum atomic E-state index is 11.5. The molecule has 1 aromatic rings. The van der Waals surface area contributed by atoms with Crippen LogP contribution in [0.15, 0.2) is 12.4 Å². The number of hydrogen-bond donors (Lipinski definition) is 2. The van der Waals surface area contributed by atoms with Crippen LogP contribution in [0, 0.1) is 0 Å². The zero-order chi connectivity index (χ0) is 11.3. The third-order valence-electron chi connectivity index (χ3n) is 2.17. The number of carbonyl (C=O) groups is 1. The van der Waals surface area contributed by atoms with Crippen LogP contribution in [-0.2, 0) is 16.0 Å². The molecule has 0 spiro atoms. The van der Waals surface area contributed by atoms with E-state index in [0.717, 1.165) is 12.2 Å². The Morgan fingerprint density at radius 3 is 3.07 bits per heavy atom. The summed E-state index contributed by atoms with van der Waals surface area (Å²) in [4.78, 5) is 15.6. The molecule has 0 bridgehead atoms. The number of aromatic nitrogens is 2. The quantitative estimate of drug-likeness (QED) is 0.396. The summed E-state index contributed by atoms with van der Waals surface area (Å²) >= 11 is 0. The SMILES string of the molecule is CCc1nccn1C(COC)C(=O)NN. The van der Waals surface area contributed by atoms with E-state index in [1.165, 1.54) is 0 Å². The van der Waals surface area contributed by atoms with Gasteiger partial charge in [0.1, 0.15) is 11.9 Å². The minimum Gasteiger partial charge on any atom is -0.382 e. The molecule has 0 saturated carbocycles. The number of amides is 1. The van der Waals surface area contributed by atoms with Crippen LogP contribution in [0.3, 0.4) is 0 Å². The van der Waals surface area contributed by atoms with Gasteiger partial charge in [-0.1, -0.05) is 6.92 Å². The van der Waals surface area contributed by atoms with E-state index < -0.39 is 6.04 Å². The Labute approximate surface area is 88.4 Å². The summed E-state index contributed by atoms with van der Waals surface area (Å²) in [6, 6.07) is -0.461. The summed E-state index contributed by atoms with van der Waals surface area (Å²) in [6.45, 7) is 2.25. The number of aryl methyl sites for hydroxylation is 1. The molecule has 1 aromatic heterocycles. The number of carbonyl (C=O) groups excluding carboxylic acids is 1. The number of rotatable bonds is 5. The molecule has 0 radical (unpaired) electrons. The van der Waals surface area contributed by atoms with Gasteiger partial charge in [-0.3, -0.25) is 10.2 Å². The number of nitrogens with two attached hydrogens (primary N) is 1. The Morgan fingerprint density at radius 2 is 2.53 bits per heavy atom. The highest BCUT2D eigenvalue weighted by molar-refractivity contribution is 5.79. The van der Waals surface area contributed by atoms with Crippen molar-refractivity contribution < 1.29 is 9.53 Å². The normalized spacial score (nSPS) is 12.5. The minimum atomic E-state index is -0.461. The molecule has 0 fully saturated rings. The molecule has 84 valence electrons. The summed E-state index contributed by atoms with van der Waals surface area (Å²) in [5, 5.41) is 0. The van der Waals surface area contributed by atoms with Gasteiger partial charge in [-0.05, 0) is 0 Å². The molecule has 3 N–H and O–H groups in total. The second kappa shape index (κ2) is 5.47. The fourth-order valence-corrected chi connectivity index (χ4v) is 1.44. The van der Waals surface area contributed by atoms with E-state index in [9.17, 15) is 4.79 Å². The minimum absolute atomic E-state index is 0.270. The maximum absolute atomic E-state index is 11.5. The van der Waals surface area contributed by atoms with Crippen molar-refractivity contribution in [1.82, 2.24) is 15.0 Å². The number of methoxy groups -OCH3 is 1. The highest BCUT2D eigenvalue weighted by Gasteiger charge is 2.21. The smallest absolute Gasteiger partial charge is 0.259 e. The van der Waals surface area contributed by atoms with Gasteiger partial charge >= 0.3 is 0 Å². The molecule has 1 heterocycles. The van der Waals surface area contributed by atoms with Crippen LogP contribution in [0.5, 0.6) is 0 Å². The highest BCUT2D eigenvalue weighted by Crippen LogP contribution is 2.10. The van der Waals surface area contributed by atoms with Gasteiger partial charge in [-0.2, -0.15) is 0 Å². The van der Waals surface area contributed by atoms with Gasteiger partial charge in [0, 0.05) is 25.9 Å². The van der Waals surface area contributed by atoms with Crippen LogP contribution < -0.4 is 11.3 Å². The molecule has 0 aliphatic carbocycles. The molecule has 15 heavy (non-hydrogen) atoms. The standard InChI is InChI=1S/C9H16N4O2/c1-3-8-11-4-5-13(8)7(6-15-2)9(14)12-10/h4-5,7H,3,6,10H2,1-2H3,(H,12,14). The van der Waals surface area contributed by atoms with Gasteiger partial charge in [0.2, 0.25) is 0 Å². The highest BCUT2D eigenvalue weighted by atomic mass is 16.5. The van der Waals surface area contributed by atoms with Crippen molar-refractivity contribution >= 4 is 5.91 Å². The first-order valence-electron chi connectivity index (χ1n) is 4.75. The molecular formula is C9H16N4O2. The number of imidazole rings is 1. The lowest BCUT2D eigenvalue weighted by atomic mass is 10.2. The molecule has 1 atom stereocenters. The van der Waals surface area contributed by atoms with Crippen molar-refractivity contribution in [3.8, 4) is 0 Å². The van der Waals surface area contributed by atoms with E-state index in [2.05, 4.69) is 10.4 Å². The molecule has 1 rings (SSSR count). The Kier molecular flexibility index (Phi) is 4.26. The lowest BCUT2D eigenvalue weighted by molar-refractivity contribution is -0.125. The van der Waals surface area contributed by atoms with E-state index in [1.807, 2.05) is 6.92 Å². The summed E-state index contributed by atoms with van der Waals surface area (Å²) in [7, 11) is 1.54. The number of nitrogens with zero attached hydrogens (tertiary/aromatic N) is 2. The van der Waals surface area contributed by atoms with Gasteiger partial charge < -0.3 is 9.30 Å². The van der Waals surface area contributed by atoms with Crippen molar-refractivity contribution in [2.75, 3.05) is 13.7 Å². The van der Waals surface area contributed by atoms with Gasteiger partial charge in [0.25, 0.3) is 5.91 Å². The summed E-state index contributed by atoms with van der Waals surface area (Å²) in [5.74, 6) is 5.66. The van der Waals surface area contributed by atoms with E-state index in [0.29, 0.717) is 0 Å². The van der Waals surface area contributed by atoms with Gasteiger partial charge in [-0.15, -0.1) is 0 Å². The predicted molar refractivity (Wildman–Crippen MR) is 54.8 cm³/mol. The average molecular weight is 212 g/mol. The second-order valence-corrected chi connectivity index (χ2v) is 3.08. The lowest BCUT2D eigenvalue weighted by Gasteiger charge is -2.17. The van der Waals surface area contributed by atoms with E-state index in [4.69, 9.17) is 10.6 Å². The van der Waals surface area contributed by atoms with Crippen LogP contribution in [0.25, 0.3) is 0 Å². The third-order valence-corrected chi connectivity index (χ3v) is 2.17. The largest absolute Gasteiger partial charge is 0.382 e. The summed E-state index contributed by atoms with van der Waals surface area (Å²) in [6.07, 6.45) is 4.16. The topological polar surface area (TPSA) is 82.2 Å². The van der Waals surface area contributed by atoms with Crippen molar-refractivity contribution in [3.05, 3.63) is 18.2 Å². The maximum Gasteiger partial charge on any atom is 0.259 e. The van der Waals surface area contributed by atoms with E-state index in [-0.39, 0.29) is 12.5 Å². The zero-order valence-electron chi connectivity index (χ0n) is 8.93. The van der Waals surface area contributed by atoms with Crippen molar-refractivity contribution in [1.29, 1.82) is 0 Å². The first kappa shape index (κ1) is 11.7. The molecule has 0 aliphatic heterocycles. The number of hydrazine groups is 1. The lowest BCUT2D eigenvalue weighted by Crippen LogP contribution is -2.39. The number of ether oxygens (including phenoxy) is 1. The fourth-order valence-electron chi connectivity index (χ4n) is 1.44. The zero-order valence-corrected chi connectivity index (χ0v) is 8.93. The Morgan fingerprint density at radius 1 is 1.80 bits per heavy atom. The van der Waals surface area contributed by atoms with Gasteiger partial charge in [0.05, 0.1) is 6.61 Å². The average Bonchev–Trinajstić information content (AvgIpc) is 2.72. The van der Waals surface area contributed by atoms with Gasteiger partial charge in [0.15, 0.2) is 0 Å². The summed E-state index contributed by atoms with van der Waals surface area (Å²) < 4.78 is 6.75. The van der Waals surface area contributed by atoms with Crippen LogP contribution >= 0.6 is 0 Å². The first-order valence-corrected chi connectivity index (χ1v) is 4.75. The number of hydrogen-bond acceptors (Lipinski definition) is 4. The molecule has 0 aliphatic rings. The Balaban J connectivity index is 2.92. The molecule has 6 nitrogen and oxygen atoms in total. The Bertz CT molecular complexity index is 324. The molecular weight excluding hydrogens is 196 g/mol. The van der Waals surface area contributed by atoms with E-state index >= 15 is 0 Å². The van der Waals surface area contributed by atoms with E-state index in [1.54, 1.807) is 24.1 Å². The predicted octanol–water partition coefficient (Wildman–Crippen LogP) is -0.377. The third kappa shape index (κ3) is 2.54. The van der Waals surface area contributed by atoms with Crippen LogP contribution in [0.1, 0.15) is 18.8 Å². The van der Waals surface area contributed by atoms with Crippen LogP contribution in [0.2, 0.25) is 0 Å². The van der Waals surface area contributed by atoms with Crippen molar-refractivity contribution in [3.63, 3.8) is 0 Å². The van der Waals surface area contributed by atoms with Crippen molar-refractivity contribution in [2.45, 2.75) is 19.4 Å². The molecule has 0 saturated heterocycles. The van der Waals surface area contributed by atoms with Crippen LogP contribution in [0.4, 0.5) is 0 Å². The van der Waals surface area contributed by atoms with Gasteiger partial charge in [-0.25, -0.2) is 10.8 Å². The molecule has 1 amide bonds. The monoisotopic (exact) mass is 212 g/mol. The molecule has 6 heteroatoms. The molecule has 1 unspecified atom stereocenters. The fraction of sp³-hybridized carbons (Fsp3) is 0.556. The second-order valence-electron chi connectivity index (χ2n) is 3.08. The van der Waals surface area contributed by atoms with Crippen molar-refractivity contribution in [2.24, 2.45) is 5.84 Å². The number of nitrogens with one attached hydrogen (secondary N) is 1. The van der Waals surface area contributed by atoms with Crippen LogP contribution in [-0.4, -0.2) is 29.2 Å². The molecule has 0 aromatic carbocycles. The summed E-state index contributed by atoms with van der Waals surface area (Å²) in [5.41, 5.74) is 2.12. The Hall–Kier alpha value is -1.40.